The molecular formula is C15H26N2O4Si. The lowest BCUT2D eigenvalue weighted by Crippen LogP contribution is -2.26. The summed E-state index contributed by atoms with van der Waals surface area (Å²) in [6, 6.07) is 1.06. The molecule has 0 amide bonds. The van der Waals surface area contributed by atoms with E-state index in [4.69, 9.17) is 14.2 Å². The molecule has 0 fully saturated rings. The summed E-state index contributed by atoms with van der Waals surface area (Å²) in [7, 11) is 0.349. The largest absolute Gasteiger partial charge is 0.501 e. The molecule has 0 unspecified atom stereocenters. The molecule has 0 saturated heterocycles. The van der Waals surface area contributed by atoms with Crippen molar-refractivity contribution in [2.24, 2.45) is 0 Å². The minimum Gasteiger partial charge on any atom is -0.501 e. The Bertz CT molecular complexity index is 549. The third-order valence-corrected chi connectivity index (χ3v) is 4.62. The molecule has 1 rings (SSSR count). The second-order valence-corrected chi connectivity index (χ2v) is 11.7. The zero-order valence-corrected chi connectivity index (χ0v) is 15.1. The van der Waals surface area contributed by atoms with E-state index in [1.165, 1.54) is 11.7 Å². The summed E-state index contributed by atoms with van der Waals surface area (Å²) in [6.45, 7) is 10.2. The van der Waals surface area contributed by atoms with E-state index in [1.54, 1.807) is 18.5 Å². The highest BCUT2D eigenvalue weighted by molar-refractivity contribution is 6.76. The van der Waals surface area contributed by atoms with Crippen LogP contribution in [0.25, 0.3) is 6.08 Å². The van der Waals surface area contributed by atoms with Crippen LogP contribution in [-0.4, -0.2) is 37.9 Å². The first-order chi connectivity index (χ1) is 10.4. The second-order valence-electron chi connectivity index (χ2n) is 6.06. The average Bonchev–Trinajstić information content (AvgIpc) is 2.45. The summed E-state index contributed by atoms with van der Waals surface area (Å²) in [6.07, 6.45) is 4.94. The van der Waals surface area contributed by atoms with Crippen LogP contribution in [0, 0.1) is 0 Å². The van der Waals surface area contributed by atoms with Crippen molar-refractivity contribution in [2.45, 2.75) is 39.3 Å². The molecule has 1 aromatic rings. The summed E-state index contributed by atoms with van der Waals surface area (Å²) in [5, 5.41) is 0. The Morgan fingerprint density at radius 1 is 1.36 bits per heavy atom. The van der Waals surface area contributed by atoms with Crippen molar-refractivity contribution in [2.75, 3.05) is 20.3 Å². The summed E-state index contributed by atoms with van der Waals surface area (Å²) < 4.78 is 17.3. The van der Waals surface area contributed by atoms with Gasteiger partial charge in [0, 0.05) is 20.9 Å². The normalized spacial score (nSPS) is 11.9. The smallest absolute Gasteiger partial charge is 0.352 e. The molecule has 0 bridgehead atoms. The van der Waals surface area contributed by atoms with Crippen LogP contribution in [0.3, 0.4) is 0 Å². The van der Waals surface area contributed by atoms with Crippen molar-refractivity contribution in [1.29, 1.82) is 0 Å². The third-order valence-electron chi connectivity index (χ3n) is 2.92. The van der Waals surface area contributed by atoms with Crippen molar-refractivity contribution in [3.8, 4) is 5.88 Å². The Morgan fingerprint density at radius 3 is 2.68 bits per heavy atom. The van der Waals surface area contributed by atoms with E-state index in [1.807, 2.05) is 6.92 Å². The first kappa shape index (κ1) is 18.4. The van der Waals surface area contributed by atoms with Gasteiger partial charge in [-0.1, -0.05) is 19.6 Å². The molecule has 0 aliphatic heterocycles. The van der Waals surface area contributed by atoms with Gasteiger partial charge in [0.15, 0.2) is 0 Å². The standard InChI is InChI=1S/C15H26N2O4Si/c1-6-20-8-7-13-11-17(15(18)16-14(13)19-2)12-21-9-10-22(3,4)5/h7-8,11H,6,9-10,12H2,1-5H3/b8-7+. The zero-order valence-electron chi connectivity index (χ0n) is 14.1. The van der Waals surface area contributed by atoms with Gasteiger partial charge in [-0.15, -0.1) is 0 Å². The van der Waals surface area contributed by atoms with Gasteiger partial charge in [-0.3, -0.25) is 4.57 Å². The highest BCUT2D eigenvalue weighted by Gasteiger charge is 2.12. The van der Waals surface area contributed by atoms with Crippen LogP contribution >= 0.6 is 0 Å². The minimum atomic E-state index is -1.13. The quantitative estimate of drug-likeness (QED) is 0.396. The van der Waals surface area contributed by atoms with E-state index in [9.17, 15) is 4.79 Å². The highest BCUT2D eigenvalue weighted by atomic mass is 28.3. The fraction of sp³-hybridized carbons (Fsp3) is 0.600. The number of rotatable bonds is 9. The predicted octanol–water partition coefficient (Wildman–Crippen LogP) is 2.57. The molecule has 6 nitrogen and oxygen atoms in total. The van der Waals surface area contributed by atoms with Crippen LogP contribution in [-0.2, 0) is 16.2 Å². The third kappa shape index (κ3) is 6.44. The van der Waals surface area contributed by atoms with Gasteiger partial charge in [0.25, 0.3) is 0 Å². The van der Waals surface area contributed by atoms with E-state index in [0.717, 1.165) is 6.04 Å². The fourth-order valence-electron chi connectivity index (χ4n) is 1.62. The van der Waals surface area contributed by atoms with Gasteiger partial charge in [0.1, 0.15) is 6.73 Å². The summed E-state index contributed by atoms with van der Waals surface area (Å²) in [4.78, 5) is 15.8. The van der Waals surface area contributed by atoms with Gasteiger partial charge in [0.05, 0.1) is 25.5 Å². The molecule has 0 spiro atoms. The Morgan fingerprint density at radius 2 is 2.09 bits per heavy atom. The topological polar surface area (TPSA) is 62.6 Å². The number of nitrogens with zero attached hydrogens (tertiary/aromatic N) is 2. The van der Waals surface area contributed by atoms with Crippen LogP contribution in [0.5, 0.6) is 5.88 Å². The van der Waals surface area contributed by atoms with Crippen molar-refractivity contribution in [1.82, 2.24) is 9.55 Å². The molecule has 1 heterocycles. The van der Waals surface area contributed by atoms with Crippen LogP contribution < -0.4 is 10.4 Å². The molecule has 0 aromatic carbocycles. The maximum absolute atomic E-state index is 11.9. The van der Waals surface area contributed by atoms with Gasteiger partial charge < -0.3 is 14.2 Å². The monoisotopic (exact) mass is 326 g/mol. The zero-order chi connectivity index (χ0) is 16.6. The number of hydrogen-bond acceptors (Lipinski definition) is 5. The molecule has 0 aliphatic rings. The lowest BCUT2D eigenvalue weighted by atomic mass is 10.3. The number of ether oxygens (including phenoxy) is 3. The summed E-state index contributed by atoms with van der Waals surface area (Å²) in [5.41, 5.74) is 0.280. The second kappa shape index (κ2) is 8.75. The van der Waals surface area contributed by atoms with Crippen molar-refractivity contribution >= 4 is 14.1 Å². The van der Waals surface area contributed by atoms with Crippen LogP contribution in [0.1, 0.15) is 12.5 Å². The van der Waals surface area contributed by atoms with Gasteiger partial charge in [-0.2, -0.15) is 4.98 Å². The average molecular weight is 326 g/mol. The Balaban J connectivity index is 2.78. The summed E-state index contributed by atoms with van der Waals surface area (Å²) >= 11 is 0. The van der Waals surface area contributed by atoms with Gasteiger partial charge in [-0.25, -0.2) is 4.79 Å². The van der Waals surface area contributed by atoms with Crippen LogP contribution in [0.15, 0.2) is 17.3 Å². The van der Waals surface area contributed by atoms with E-state index in [0.29, 0.717) is 18.8 Å². The Hall–Kier alpha value is -1.60. The SMILES string of the molecule is CCO/C=C/c1cn(COCC[Si](C)(C)C)c(=O)nc1OC. The summed E-state index contributed by atoms with van der Waals surface area (Å²) in [5.74, 6) is 0.277. The van der Waals surface area contributed by atoms with Gasteiger partial charge >= 0.3 is 5.69 Å². The molecule has 0 radical (unpaired) electrons. The van der Waals surface area contributed by atoms with E-state index in [-0.39, 0.29) is 12.6 Å². The van der Waals surface area contributed by atoms with E-state index in [2.05, 4.69) is 24.6 Å². The number of aromatic nitrogens is 2. The van der Waals surface area contributed by atoms with E-state index >= 15 is 0 Å². The number of hydrogen-bond donors (Lipinski definition) is 0. The van der Waals surface area contributed by atoms with Crippen LogP contribution in [0.4, 0.5) is 0 Å². The van der Waals surface area contributed by atoms with E-state index < -0.39 is 13.8 Å². The first-order valence-corrected chi connectivity index (χ1v) is 11.1. The van der Waals surface area contributed by atoms with Gasteiger partial charge in [0.2, 0.25) is 5.88 Å². The first-order valence-electron chi connectivity index (χ1n) is 7.38. The Kier molecular flexibility index (Phi) is 7.33. The van der Waals surface area contributed by atoms with Crippen molar-refractivity contribution in [3.05, 3.63) is 28.5 Å². The molecule has 0 atom stereocenters. The molecule has 0 aliphatic carbocycles. The highest BCUT2D eigenvalue weighted by Crippen LogP contribution is 2.14. The van der Waals surface area contributed by atoms with Crippen LogP contribution in [0.2, 0.25) is 25.7 Å². The molecule has 0 N–H and O–H groups in total. The molecule has 7 heteroatoms. The lowest BCUT2D eigenvalue weighted by Gasteiger charge is -2.16. The molecule has 22 heavy (non-hydrogen) atoms. The maximum Gasteiger partial charge on any atom is 0.352 e. The van der Waals surface area contributed by atoms with Gasteiger partial charge in [-0.05, 0) is 19.0 Å². The molecule has 0 saturated carbocycles. The van der Waals surface area contributed by atoms with Crippen molar-refractivity contribution < 1.29 is 14.2 Å². The molecule has 1 aromatic heterocycles. The van der Waals surface area contributed by atoms with Crippen molar-refractivity contribution in [3.63, 3.8) is 0 Å². The lowest BCUT2D eigenvalue weighted by molar-refractivity contribution is 0.0834. The molecular weight excluding hydrogens is 300 g/mol. The molecule has 124 valence electrons. The maximum atomic E-state index is 11.9. The number of methoxy groups -OCH3 is 1. The Labute approximate surface area is 132 Å². The predicted molar refractivity (Wildman–Crippen MR) is 89.8 cm³/mol. The minimum absolute atomic E-state index is 0.190. The fourth-order valence-corrected chi connectivity index (χ4v) is 2.38.